The molecule has 5 aliphatic carbocycles. The summed E-state index contributed by atoms with van der Waals surface area (Å²) in [6.45, 7) is 6.20. The third-order valence-electron chi connectivity index (χ3n) is 9.55. The molecule has 33 heavy (non-hydrogen) atoms. The van der Waals surface area contributed by atoms with Crippen molar-refractivity contribution in [1.82, 2.24) is 25.3 Å². The second-order valence-corrected chi connectivity index (χ2v) is 11.5. The fourth-order valence-corrected chi connectivity index (χ4v) is 8.06. The van der Waals surface area contributed by atoms with Crippen LogP contribution in [0.2, 0.25) is 0 Å². The van der Waals surface area contributed by atoms with Gasteiger partial charge in [0.2, 0.25) is 0 Å². The van der Waals surface area contributed by atoms with Gasteiger partial charge in [-0.15, -0.1) is 0 Å². The average Bonchev–Trinajstić information content (AvgIpc) is 3.15. The third-order valence-corrected chi connectivity index (χ3v) is 9.55. The summed E-state index contributed by atoms with van der Waals surface area (Å²) in [4.78, 5) is 15.3. The van der Waals surface area contributed by atoms with Gasteiger partial charge in [0.15, 0.2) is 5.69 Å². The molecule has 1 saturated heterocycles. The summed E-state index contributed by atoms with van der Waals surface area (Å²) in [5.41, 5.74) is 3.08. The van der Waals surface area contributed by atoms with Gasteiger partial charge in [-0.05, 0) is 87.5 Å². The molecule has 4 bridgehead atoms. The minimum absolute atomic E-state index is 0.0122. The molecule has 5 fully saturated rings. The van der Waals surface area contributed by atoms with Gasteiger partial charge in [-0.2, -0.15) is 5.10 Å². The summed E-state index contributed by atoms with van der Waals surface area (Å²) >= 11 is 0. The monoisotopic (exact) mass is 455 g/mol. The van der Waals surface area contributed by atoms with Gasteiger partial charge in [0.05, 0.1) is 13.2 Å². The van der Waals surface area contributed by atoms with E-state index in [1.807, 2.05) is 11.7 Å². The minimum atomic E-state index is -0.0122. The molecule has 1 aliphatic heterocycles. The molecule has 6 aliphatic rings. The van der Waals surface area contributed by atoms with Crippen LogP contribution < -0.4 is 10.6 Å². The average molecular weight is 456 g/mol. The number of morpholine rings is 1. The van der Waals surface area contributed by atoms with Crippen molar-refractivity contribution in [3.63, 3.8) is 0 Å². The van der Waals surface area contributed by atoms with Crippen LogP contribution in [0.1, 0.15) is 60.3 Å². The number of nitrogens with one attached hydrogen (secondary N) is 2. The first-order valence-corrected chi connectivity index (χ1v) is 13.5. The van der Waals surface area contributed by atoms with Gasteiger partial charge in [0.1, 0.15) is 0 Å². The lowest BCUT2D eigenvalue weighted by atomic mass is 9.52. The van der Waals surface area contributed by atoms with Crippen LogP contribution in [0, 0.1) is 29.6 Å². The smallest absolute Gasteiger partial charge is 0.272 e. The predicted octanol–water partition coefficient (Wildman–Crippen LogP) is 2.00. The van der Waals surface area contributed by atoms with Crippen LogP contribution in [-0.4, -0.2) is 72.6 Å². The first kappa shape index (κ1) is 22.1. The van der Waals surface area contributed by atoms with Gasteiger partial charge in [0.25, 0.3) is 5.91 Å². The maximum Gasteiger partial charge on any atom is 0.272 e. The molecular weight excluding hydrogens is 414 g/mol. The lowest BCUT2D eigenvalue weighted by Gasteiger charge is -2.54. The Morgan fingerprint density at radius 3 is 2.55 bits per heavy atom. The van der Waals surface area contributed by atoms with Crippen molar-refractivity contribution in [1.29, 1.82) is 0 Å². The van der Waals surface area contributed by atoms with Crippen LogP contribution in [0.15, 0.2) is 0 Å². The summed E-state index contributed by atoms with van der Waals surface area (Å²) in [5, 5.41) is 11.7. The second-order valence-electron chi connectivity index (χ2n) is 11.5. The summed E-state index contributed by atoms with van der Waals surface area (Å²) in [6.07, 6.45) is 10.6. The zero-order valence-electron chi connectivity index (χ0n) is 20.2. The van der Waals surface area contributed by atoms with Crippen molar-refractivity contribution in [3.05, 3.63) is 17.0 Å². The van der Waals surface area contributed by atoms with E-state index < -0.39 is 0 Å². The summed E-state index contributed by atoms with van der Waals surface area (Å²) in [7, 11) is 1.99. The molecule has 0 aromatic carbocycles. The highest BCUT2D eigenvalue weighted by Crippen LogP contribution is 2.56. The number of ether oxygens (including phenoxy) is 1. The Labute approximate surface area is 198 Å². The van der Waals surface area contributed by atoms with E-state index in [1.54, 1.807) is 0 Å². The molecule has 7 nitrogen and oxygen atoms in total. The number of aryl methyl sites for hydroxylation is 1. The van der Waals surface area contributed by atoms with Gasteiger partial charge >= 0.3 is 0 Å². The maximum absolute atomic E-state index is 13.0. The Balaban J connectivity index is 1.04. The molecule has 1 unspecified atom stereocenters. The van der Waals surface area contributed by atoms with Crippen molar-refractivity contribution in [3.8, 4) is 0 Å². The molecule has 1 aromatic rings. The minimum Gasteiger partial charge on any atom is -0.379 e. The van der Waals surface area contributed by atoms with Gasteiger partial charge in [0, 0.05) is 50.5 Å². The van der Waals surface area contributed by atoms with E-state index >= 15 is 0 Å². The Morgan fingerprint density at radius 1 is 1.09 bits per heavy atom. The Kier molecular flexibility index (Phi) is 6.22. The lowest BCUT2D eigenvalue weighted by molar-refractivity contribution is -0.0364. The fourth-order valence-electron chi connectivity index (χ4n) is 8.06. The van der Waals surface area contributed by atoms with E-state index in [1.165, 1.54) is 49.9 Å². The highest BCUT2D eigenvalue weighted by Gasteiger charge is 2.48. The van der Waals surface area contributed by atoms with Crippen molar-refractivity contribution < 1.29 is 9.53 Å². The van der Waals surface area contributed by atoms with Crippen LogP contribution >= 0.6 is 0 Å². The van der Waals surface area contributed by atoms with Crippen LogP contribution in [0.3, 0.4) is 0 Å². The van der Waals surface area contributed by atoms with Gasteiger partial charge in [-0.1, -0.05) is 0 Å². The van der Waals surface area contributed by atoms with Crippen LogP contribution in [-0.2, 0) is 24.6 Å². The van der Waals surface area contributed by atoms with E-state index in [0.717, 1.165) is 81.7 Å². The second kappa shape index (κ2) is 9.31. The zero-order chi connectivity index (χ0) is 22.4. The van der Waals surface area contributed by atoms with E-state index in [2.05, 4.69) is 20.6 Å². The molecule has 1 amide bonds. The molecule has 2 N–H and O–H groups in total. The Hall–Kier alpha value is -1.44. The number of hydrogen-bond donors (Lipinski definition) is 2. The number of carbonyl (C=O) groups excluding carboxylic acids is 1. The van der Waals surface area contributed by atoms with Gasteiger partial charge < -0.3 is 15.4 Å². The molecule has 7 rings (SSSR count). The fraction of sp³-hybridized carbons (Fsp3) is 0.846. The zero-order valence-corrected chi connectivity index (χ0v) is 20.2. The van der Waals surface area contributed by atoms with Crippen molar-refractivity contribution in [2.24, 2.45) is 36.6 Å². The van der Waals surface area contributed by atoms with Crippen molar-refractivity contribution in [2.75, 3.05) is 45.9 Å². The summed E-state index contributed by atoms with van der Waals surface area (Å²) < 4.78 is 7.35. The van der Waals surface area contributed by atoms with Crippen LogP contribution in [0.5, 0.6) is 0 Å². The first-order chi connectivity index (χ1) is 16.1. The largest absolute Gasteiger partial charge is 0.379 e. The SMILES string of the molecule is Cn1nc(C(=O)NCCN2CCOCC2)c2c1CCC(NCC1C3CC4CC(C3)CC1C4)C2. The Bertz CT molecular complexity index is 833. The molecule has 2 heterocycles. The normalized spacial score (nSPS) is 35.5. The summed E-state index contributed by atoms with van der Waals surface area (Å²) in [6, 6.07) is 0.471. The van der Waals surface area contributed by atoms with Gasteiger partial charge in [-0.25, -0.2) is 0 Å². The molecular formula is C26H41N5O2. The van der Waals surface area contributed by atoms with Crippen molar-refractivity contribution >= 4 is 5.91 Å². The number of fused-ring (bicyclic) bond motifs is 1. The molecule has 0 radical (unpaired) electrons. The third kappa shape index (κ3) is 4.48. The Morgan fingerprint density at radius 2 is 1.82 bits per heavy atom. The lowest BCUT2D eigenvalue weighted by Crippen LogP contribution is -2.50. The topological polar surface area (TPSA) is 71.4 Å². The molecule has 1 aromatic heterocycles. The van der Waals surface area contributed by atoms with Crippen LogP contribution in [0.4, 0.5) is 0 Å². The number of carbonyl (C=O) groups is 1. The molecule has 4 saturated carbocycles. The molecule has 0 spiro atoms. The van der Waals surface area contributed by atoms with Gasteiger partial charge in [-0.3, -0.25) is 14.4 Å². The summed E-state index contributed by atoms with van der Waals surface area (Å²) in [5.74, 6) is 4.90. The highest BCUT2D eigenvalue weighted by atomic mass is 16.5. The number of rotatable bonds is 7. The standard InChI is InChI=1S/C26H41N5O2/c1-30-24-3-2-21(28-16-23-19-11-17-10-18(13-19)14-20(23)12-17)15-22(24)25(29-30)26(32)27-4-5-31-6-8-33-9-7-31/h17-21,23,28H,2-16H2,1H3,(H,27,32). The van der Waals surface area contributed by atoms with Crippen molar-refractivity contribution in [2.45, 2.75) is 57.4 Å². The predicted molar refractivity (Wildman–Crippen MR) is 127 cm³/mol. The number of nitrogens with zero attached hydrogens (tertiary/aromatic N) is 3. The van der Waals surface area contributed by atoms with E-state index in [-0.39, 0.29) is 5.91 Å². The number of aromatic nitrogens is 2. The maximum atomic E-state index is 13.0. The highest BCUT2D eigenvalue weighted by molar-refractivity contribution is 5.94. The molecule has 182 valence electrons. The molecule has 7 heteroatoms. The number of hydrogen-bond acceptors (Lipinski definition) is 5. The van der Waals surface area contributed by atoms with Crippen LogP contribution in [0.25, 0.3) is 0 Å². The van der Waals surface area contributed by atoms with E-state index in [0.29, 0.717) is 18.3 Å². The molecule has 1 atom stereocenters. The van der Waals surface area contributed by atoms with E-state index in [9.17, 15) is 4.79 Å². The quantitative estimate of drug-likeness (QED) is 0.658. The van der Waals surface area contributed by atoms with E-state index in [4.69, 9.17) is 4.74 Å². The number of amides is 1. The first-order valence-electron chi connectivity index (χ1n) is 13.5.